The van der Waals surface area contributed by atoms with Gasteiger partial charge in [0.2, 0.25) is 5.91 Å². The third kappa shape index (κ3) is 3.27. The summed E-state index contributed by atoms with van der Waals surface area (Å²) in [4.78, 5) is 15.8. The van der Waals surface area contributed by atoms with E-state index < -0.39 is 12.7 Å². The Hall–Kier alpha value is -1.56. The number of para-hydroxylation sites is 1. The van der Waals surface area contributed by atoms with Gasteiger partial charge in [0.1, 0.15) is 0 Å². The minimum absolute atomic E-state index is 0.0663. The van der Waals surface area contributed by atoms with Gasteiger partial charge < -0.3 is 4.90 Å². The molecular weight excluding hydrogens is 293 g/mol. The van der Waals surface area contributed by atoms with Crippen LogP contribution in [0.4, 0.5) is 18.9 Å². The highest BCUT2D eigenvalue weighted by atomic mass is 19.4. The second-order valence-electron chi connectivity index (χ2n) is 6.03. The highest BCUT2D eigenvalue weighted by Crippen LogP contribution is 2.31. The number of amides is 1. The molecule has 2 heterocycles. The van der Waals surface area contributed by atoms with Crippen molar-refractivity contribution in [1.29, 1.82) is 0 Å². The van der Waals surface area contributed by atoms with Crippen LogP contribution < -0.4 is 4.90 Å². The van der Waals surface area contributed by atoms with Crippen molar-refractivity contribution in [2.75, 3.05) is 31.1 Å². The van der Waals surface area contributed by atoms with Crippen LogP contribution in [-0.4, -0.2) is 43.2 Å². The number of carbonyl (C=O) groups excluding carboxylic acids is 1. The molecule has 120 valence electrons. The first-order valence-corrected chi connectivity index (χ1v) is 7.62. The Morgan fingerprint density at radius 3 is 2.50 bits per heavy atom. The number of nitrogens with zero attached hydrogens (tertiary/aromatic N) is 2. The third-order valence-corrected chi connectivity index (χ3v) is 4.49. The molecule has 1 amide bonds. The van der Waals surface area contributed by atoms with E-state index in [1.165, 1.54) is 10.5 Å². The van der Waals surface area contributed by atoms with Gasteiger partial charge in [-0.2, -0.15) is 13.2 Å². The Kier molecular flexibility index (Phi) is 4.12. The molecule has 0 unspecified atom stereocenters. The number of hydrogen-bond donors (Lipinski definition) is 0. The van der Waals surface area contributed by atoms with E-state index in [0.717, 1.165) is 12.1 Å². The van der Waals surface area contributed by atoms with Gasteiger partial charge in [-0.25, -0.2) is 0 Å². The fourth-order valence-electron chi connectivity index (χ4n) is 3.38. The van der Waals surface area contributed by atoms with Crippen molar-refractivity contribution in [1.82, 2.24) is 4.90 Å². The van der Waals surface area contributed by atoms with E-state index in [0.29, 0.717) is 32.5 Å². The van der Waals surface area contributed by atoms with Gasteiger partial charge in [-0.1, -0.05) is 18.2 Å². The first-order chi connectivity index (χ1) is 10.4. The number of hydrogen-bond acceptors (Lipinski definition) is 2. The normalized spacial score (nSPS) is 20.2. The van der Waals surface area contributed by atoms with E-state index >= 15 is 0 Å². The standard InChI is InChI=1S/C16H19F3N2O/c17-16(18,19)11-20-8-5-13(6-9-20)15(22)21-10-7-12-3-1-2-4-14(12)21/h1-4,13H,5-11H2. The number of carbonyl (C=O) groups is 1. The predicted molar refractivity (Wildman–Crippen MR) is 77.7 cm³/mol. The molecule has 1 saturated heterocycles. The molecule has 0 N–H and O–H groups in total. The molecule has 3 rings (SSSR count). The number of rotatable bonds is 2. The minimum atomic E-state index is -4.16. The van der Waals surface area contributed by atoms with Crippen LogP contribution in [0, 0.1) is 5.92 Å². The molecule has 0 spiro atoms. The Labute approximate surface area is 127 Å². The van der Waals surface area contributed by atoms with E-state index in [4.69, 9.17) is 0 Å². The average molecular weight is 312 g/mol. The van der Waals surface area contributed by atoms with Crippen molar-refractivity contribution in [3.63, 3.8) is 0 Å². The maximum absolute atomic E-state index is 12.6. The zero-order valence-electron chi connectivity index (χ0n) is 12.3. The van der Waals surface area contributed by atoms with Crippen LogP contribution in [0.15, 0.2) is 24.3 Å². The molecule has 1 aromatic carbocycles. The summed E-state index contributed by atoms with van der Waals surface area (Å²) in [5.41, 5.74) is 2.13. The zero-order chi connectivity index (χ0) is 15.7. The number of fused-ring (bicyclic) bond motifs is 1. The van der Waals surface area contributed by atoms with E-state index in [-0.39, 0.29) is 11.8 Å². The van der Waals surface area contributed by atoms with Crippen molar-refractivity contribution in [3.05, 3.63) is 29.8 Å². The first-order valence-electron chi connectivity index (χ1n) is 7.62. The Bertz CT molecular complexity index is 551. The van der Waals surface area contributed by atoms with Crippen LogP contribution >= 0.6 is 0 Å². The zero-order valence-corrected chi connectivity index (χ0v) is 12.3. The average Bonchev–Trinajstić information content (AvgIpc) is 2.89. The number of halogens is 3. The summed E-state index contributed by atoms with van der Waals surface area (Å²) in [7, 11) is 0. The van der Waals surface area contributed by atoms with Gasteiger partial charge >= 0.3 is 6.18 Å². The summed E-state index contributed by atoms with van der Waals surface area (Å²) in [6.45, 7) is 0.484. The number of likely N-dealkylation sites (tertiary alicyclic amines) is 1. The van der Waals surface area contributed by atoms with E-state index in [2.05, 4.69) is 0 Å². The summed E-state index contributed by atoms with van der Waals surface area (Å²) < 4.78 is 37.2. The summed E-state index contributed by atoms with van der Waals surface area (Å²) in [6, 6.07) is 7.84. The Balaban J connectivity index is 1.59. The van der Waals surface area contributed by atoms with Gasteiger partial charge in [-0.3, -0.25) is 9.69 Å². The molecule has 0 saturated carbocycles. The predicted octanol–water partition coefficient (Wildman–Crippen LogP) is 2.85. The van der Waals surface area contributed by atoms with Crippen LogP contribution in [-0.2, 0) is 11.2 Å². The highest BCUT2D eigenvalue weighted by Gasteiger charge is 2.36. The second-order valence-corrected chi connectivity index (χ2v) is 6.03. The topological polar surface area (TPSA) is 23.6 Å². The lowest BCUT2D eigenvalue weighted by molar-refractivity contribution is -0.149. The minimum Gasteiger partial charge on any atom is -0.312 e. The molecule has 22 heavy (non-hydrogen) atoms. The first kappa shape index (κ1) is 15.3. The van der Waals surface area contributed by atoms with Crippen molar-refractivity contribution in [2.24, 2.45) is 5.92 Å². The lowest BCUT2D eigenvalue weighted by Crippen LogP contribution is -2.44. The van der Waals surface area contributed by atoms with Crippen LogP contribution in [0.2, 0.25) is 0 Å². The van der Waals surface area contributed by atoms with Gasteiger partial charge in [-0.15, -0.1) is 0 Å². The molecule has 2 aliphatic heterocycles. The summed E-state index contributed by atoms with van der Waals surface area (Å²) >= 11 is 0. The number of benzene rings is 1. The van der Waals surface area contributed by atoms with Gasteiger partial charge in [0.15, 0.2) is 0 Å². The van der Waals surface area contributed by atoms with Gasteiger partial charge in [0, 0.05) is 18.2 Å². The van der Waals surface area contributed by atoms with Crippen LogP contribution in [0.1, 0.15) is 18.4 Å². The number of piperidine rings is 1. The molecule has 1 fully saturated rings. The molecule has 0 aliphatic carbocycles. The second kappa shape index (κ2) is 5.91. The highest BCUT2D eigenvalue weighted by molar-refractivity contribution is 5.97. The molecular formula is C16H19F3N2O. The van der Waals surface area contributed by atoms with Crippen LogP contribution in [0.3, 0.4) is 0 Å². The van der Waals surface area contributed by atoms with Crippen LogP contribution in [0.25, 0.3) is 0 Å². The van der Waals surface area contributed by atoms with E-state index in [9.17, 15) is 18.0 Å². The van der Waals surface area contributed by atoms with Gasteiger partial charge in [0.25, 0.3) is 0 Å². The Morgan fingerprint density at radius 2 is 1.82 bits per heavy atom. The maximum atomic E-state index is 12.6. The van der Waals surface area contributed by atoms with Crippen molar-refractivity contribution >= 4 is 11.6 Å². The molecule has 2 aliphatic rings. The maximum Gasteiger partial charge on any atom is 0.401 e. The number of alkyl halides is 3. The van der Waals surface area contributed by atoms with Gasteiger partial charge in [0.05, 0.1) is 6.54 Å². The fraction of sp³-hybridized carbons (Fsp3) is 0.562. The molecule has 1 aromatic rings. The lowest BCUT2D eigenvalue weighted by Gasteiger charge is -2.33. The Morgan fingerprint density at radius 1 is 1.14 bits per heavy atom. The van der Waals surface area contributed by atoms with E-state index in [1.54, 1.807) is 4.90 Å². The van der Waals surface area contributed by atoms with Crippen LogP contribution in [0.5, 0.6) is 0 Å². The molecule has 0 bridgehead atoms. The SMILES string of the molecule is O=C(C1CCN(CC(F)(F)F)CC1)N1CCc2ccccc21. The number of anilines is 1. The monoisotopic (exact) mass is 312 g/mol. The van der Waals surface area contributed by atoms with Crippen molar-refractivity contribution < 1.29 is 18.0 Å². The molecule has 0 aromatic heterocycles. The summed E-state index contributed by atoms with van der Waals surface area (Å²) in [5, 5.41) is 0. The summed E-state index contributed by atoms with van der Waals surface area (Å²) in [5.74, 6) is -0.0905. The fourth-order valence-corrected chi connectivity index (χ4v) is 3.38. The van der Waals surface area contributed by atoms with E-state index in [1.807, 2.05) is 24.3 Å². The molecule has 0 atom stereocenters. The summed E-state index contributed by atoms with van der Waals surface area (Å²) in [6.07, 6.45) is -2.29. The third-order valence-electron chi connectivity index (χ3n) is 4.49. The smallest absolute Gasteiger partial charge is 0.312 e. The quantitative estimate of drug-likeness (QED) is 0.838. The largest absolute Gasteiger partial charge is 0.401 e. The molecule has 0 radical (unpaired) electrons. The molecule has 6 heteroatoms. The molecule has 3 nitrogen and oxygen atoms in total. The lowest BCUT2D eigenvalue weighted by atomic mass is 9.95. The van der Waals surface area contributed by atoms with Crippen molar-refractivity contribution in [3.8, 4) is 0 Å². The van der Waals surface area contributed by atoms with Crippen molar-refractivity contribution in [2.45, 2.75) is 25.4 Å². The van der Waals surface area contributed by atoms with Gasteiger partial charge in [-0.05, 0) is 44.0 Å².